The van der Waals surface area contributed by atoms with E-state index in [9.17, 15) is 9.90 Å². The third-order valence-electron chi connectivity index (χ3n) is 4.46. The average Bonchev–Trinajstić information content (AvgIpc) is 2.67. The minimum atomic E-state index is -0.745. The van der Waals surface area contributed by atoms with Crippen molar-refractivity contribution in [2.24, 2.45) is 0 Å². The summed E-state index contributed by atoms with van der Waals surface area (Å²) in [7, 11) is 1.71. The second-order valence-corrected chi connectivity index (χ2v) is 7.21. The van der Waals surface area contributed by atoms with Gasteiger partial charge in [-0.05, 0) is 53.0 Å². The third-order valence-corrected chi connectivity index (χ3v) is 5.08. The Bertz CT molecular complexity index is 720. The number of benzene rings is 2. The van der Waals surface area contributed by atoms with Crippen molar-refractivity contribution < 1.29 is 14.6 Å². The molecular weight excluding hydrogens is 394 g/mol. The average molecular weight is 420 g/mol. The van der Waals surface area contributed by atoms with Crippen molar-refractivity contribution in [1.29, 1.82) is 0 Å². The molecule has 2 aromatic rings. The number of halogens is 1. The first-order valence-corrected chi connectivity index (χ1v) is 9.67. The van der Waals surface area contributed by atoms with Gasteiger partial charge >= 0.3 is 0 Å². The normalized spacial score (nSPS) is 13.1. The second-order valence-electron chi connectivity index (χ2n) is 6.36. The predicted octanol–water partition coefficient (Wildman–Crippen LogP) is 4.82. The largest absolute Gasteiger partial charge is 0.492 e. The first-order chi connectivity index (χ1) is 12.5. The van der Waals surface area contributed by atoms with Gasteiger partial charge in [0.2, 0.25) is 0 Å². The fourth-order valence-electron chi connectivity index (χ4n) is 2.61. The van der Waals surface area contributed by atoms with Gasteiger partial charge in [0.05, 0.1) is 23.2 Å². The maximum atomic E-state index is 12.8. The van der Waals surface area contributed by atoms with Crippen molar-refractivity contribution in [1.82, 2.24) is 4.90 Å². The molecule has 0 heterocycles. The SMILES string of the molecule is CCCCOc1ccc(C(=O)N(C)C(C)C(O)c2ccccc2)cc1Br. The summed E-state index contributed by atoms with van der Waals surface area (Å²) in [5.41, 5.74) is 1.34. The van der Waals surface area contributed by atoms with Crippen LogP contribution in [-0.2, 0) is 0 Å². The number of likely N-dealkylation sites (N-methyl/N-ethyl adjacent to an activating group) is 1. The lowest BCUT2D eigenvalue weighted by Crippen LogP contribution is -2.39. The minimum Gasteiger partial charge on any atom is -0.492 e. The highest BCUT2D eigenvalue weighted by Gasteiger charge is 2.25. The maximum absolute atomic E-state index is 12.8. The summed E-state index contributed by atoms with van der Waals surface area (Å²) in [6, 6.07) is 14.3. The van der Waals surface area contributed by atoms with Gasteiger partial charge in [-0.3, -0.25) is 4.79 Å². The molecule has 26 heavy (non-hydrogen) atoms. The zero-order valence-corrected chi connectivity index (χ0v) is 17.1. The van der Waals surface area contributed by atoms with Gasteiger partial charge in [0.1, 0.15) is 5.75 Å². The summed E-state index contributed by atoms with van der Waals surface area (Å²) in [6.07, 6.45) is 1.32. The maximum Gasteiger partial charge on any atom is 0.253 e. The summed E-state index contributed by atoms with van der Waals surface area (Å²) in [5, 5.41) is 10.6. The molecule has 0 aliphatic carbocycles. The molecule has 2 unspecified atom stereocenters. The highest BCUT2D eigenvalue weighted by atomic mass is 79.9. The van der Waals surface area contributed by atoms with Crippen LogP contribution in [0.4, 0.5) is 0 Å². The molecule has 1 amide bonds. The number of hydrogen-bond acceptors (Lipinski definition) is 3. The lowest BCUT2D eigenvalue weighted by Gasteiger charge is -2.29. The molecule has 0 bridgehead atoms. The number of unbranched alkanes of at least 4 members (excludes halogenated alkanes) is 1. The van der Waals surface area contributed by atoms with Crippen LogP contribution >= 0.6 is 15.9 Å². The molecule has 5 heteroatoms. The standard InChI is InChI=1S/C21H26BrNO3/c1-4-5-13-26-19-12-11-17(14-18(19)22)21(25)23(3)15(2)20(24)16-9-7-6-8-10-16/h6-12,14-15,20,24H,4-5,13H2,1-3H3. The van der Waals surface area contributed by atoms with E-state index in [1.54, 1.807) is 30.1 Å². The lowest BCUT2D eigenvalue weighted by molar-refractivity contribution is 0.0487. The van der Waals surface area contributed by atoms with E-state index < -0.39 is 6.10 Å². The van der Waals surface area contributed by atoms with Crippen LogP contribution in [0.5, 0.6) is 5.75 Å². The molecule has 2 atom stereocenters. The summed E-state index contributed by atoms with van der Waals surface area (Å²) >= 11 is 3.47. The van der Waals surface area contributed by atoms with Crippen molar-refractivity contribution in [3.63, 3.8) is 0 Å². The summed E-state index contributed by atoms with van der Waals surface area (Å²) in [5.74, 6) is 0.586. The van der Waals surface area contributed by atoms with Crippen molar-refractivity contribution in [3.05, 3.63) is 64.1 Å². The van der Waals surface area contributed by atoms with E-state index in [0.29, 0.717) is 12.2 Å². The van der Waals surface area contributed by atoms with Gasteiger partial charge in [-0.15, -0.1) is 0 Å². The monoisotopic (exact) mass is 419 g/mol. The second kappa shape index (κ2) is 9.74. The van der Waals surface area contributed by atoms with Crippen molar-refractivity contribution >= 4 is 21.8 Å². The number of carbonyl (C=O) groups is 1. The van der Waals surface area contributed by atoms with Crippen LogP contribution < -0.4 is 4.74 Å². The molecule has 140 valence electrons. The molecule has 0 saturated carbocycles. The molecule has 2 rings (SSSR count). The zero-order chi connectivity index (χ0) is 19.1. The quantitative estimate of drug-likeness (QED) is 0.623. The molecule has 1 N–H and O–H groups in total. The Morgan fingerprint density at radius 1 is 1.23 bits per heavy atom. The minimum absolute atomic E-state index is 0.145. The summed E-state index contributed by atoms with van der Waals surface area (Å²) in [4.78, 5) is 14.4. The molecule has 0 spiro atoms. The number of carbonyl (C=O) groups excluding carboxylic acids is 1. The Morgan fingerprint density at radius 3 is 2.54 bits per heavy atom. The van der Waals surface area contributed by atoms with Crippen LogP contribution in [0.1, 0.15) is 48.7 Å². The highest BCUT2D eigenvalue weighted by molar-refractivity contribution is 9.10. The van der Waals surface area contributed by atoms with Crippen LogP contribution in [0.3, 0.4) is 0 Å². The van der Waals surface area contributed by atoms with Gasteiger partial charge in [-0.2, -0.15) is 0 Å². The van der Waals surface area contributed by atoms with Gasteiger partial charge in [0.15, 0.2) is 0 Å². The van der Waals surface area contributed by atoms with Crippen molar-refractivity contribution in [3.8, 4) is 5.75 Å². The van der Waals surface area contributed by atoms with Crippen LogP contribution in [-0.4, -0.2) is 35.6 Å². The fraction of sp³-hybridized carbons (Fsp3) is 0.381. The van der Waals surface area contributed by atoms with Gasteiger partial charge in [-0.1, -0.05) is 43.7 Å². The number of aliphatic hydroxyl groups is 1. The number of hydrogen-bond donors (Lipinski definition) is 1. The van der Waals surface area contributed by atoms with E-state index in [4.69, 9.17) is 4.74 Å². The van der Waals surface area contributed by atoms with E-state index in [0.717, 1.165) is 28.6 Å². The molecular formula is C21H26BrNO3. The Morgan fingerprint density at radius 2 is 1.92 bits per heavy atom. The van der Waals surface area contributed by atoms with Gasteiger partial charge in [0, 0.05) is 12.6 Å². The first kappa shape index (κ1) is 20.5. The van der Waals surface area contributed by atoms with E-state index in [1.807, 2.05) is 37.3 Å². The molecule has 0 fully saturated rings. The number of ether oxygens (including phenoxy) is 1. The predicted molar refractivity (Wildman–Crippen MR) is 108 cm³/mol. The Labute approximate surface area is 163 Å². The molecule has 0 radical (unpaired) electrons. The van der Waals surface area contributed by atoms with Crippen molar-refractivity contribution in [2.45, 2.75) is 38.8 Å². The first-order valence-electron chi connectivity index (χ1n) is 8.88. The Hall–Kier alpha value is -1.85. The van der Waals surface area contributed by atoms with E-state index in [1.165, 1.54) is 0 Å². The zero-order valence-electron chi connectivity index (χ0n) is 15.5. The smallest absolute Gasteiger partial charge is 0.253 e. The van der Waals surface area contributed by atoms with Gasteiger partial charge in [0.25, 0.3) is 5.91 Å². The summed E-state index contributed by atoms with van der Waals surface area (Å²) < 4.78 is 6.46. The topological polar surface area (TPSA) is 49.8 Å². The molecule has 2 aromatic carbocycles. The lowest BCUT2D eigenvalue weighted by atomic mass is 10.0. The van der Waals surface area contributed by atoms with E-state index in [2.05, 4.69) is 22.9 Å². The molecule has 0 aromatic heterocycles. The van der Waals surface area contributed by atoms with Crippen LogP contribution in [0.15, 0.2) is 53.0 Å². The van der Waals surface area contributed by atoms with Crippen LogP contribution in [0.25, 0.3) is 0 Å². The fourth-order valence-corrected chi connectivity index (χ4v) is 3.10. The van der Waals surface area contributed by atoms with Crippen LogP contribution in [0, 0.1) is 0 Å². The number of nitrogens with zero attached hydrogens (tertiary/aromatic N) is 1. The van der Waals surface area contributed by atoms with E-state index in [-0.39, 0.29) is 11.9 Å². The number of aliphatic hydroxyl groups excluding tert-OH is 1. The van der Waals surface area contributed by atoms with E-state index >= 15 is 0 Å². The number of rotatable bonds is 8. The molecule has 4 nitrogen and oxygen atoms in total. The third kappa shape index (κ3) is 5.08. The van der Waals surface area contributed by atoms with Gasteiger partial charge < -0.3 is 14.7 Å². The highest BCUT2D eigenvalue weighted by Crippen LogP contribution is 2.28. The Balaban J connectivity index is 2.08. The molecule has 0 aliphatic rings. The van der Waals surface area contributed by atoms with Gasteiger partial charge in [-0.25, -0.2) is 0 Å². The Kier molecular flexibility index (Phi) is 7.66. The number of amides is 1. The van der Waals surface area contributed by atoms with Crippen LogP contribution in [0.2, 0.25) is 0 Å². The molecule has 0 saturated heterocycles. The summed E-state index contributed by atoms with van der Waals surface area (Å²) in [6.45, 7) is 4.61. The van der Waals surface area contributed by atoms with Crippen molar-refractivity contribution in [2.75, 3.05) is 13.7 Å². The molecule has 0 aliphatic heterocycles.